The molecule has 2 fully saturated rings. The molecule has 2 aliphatic rings. The summed E-state index contributed by atoms with van der Waals surface area (Å²) in [6.45, 7) is 8.37. The quantitative estimate of drug-likeness (QED) is 0.730. The summed E-state index contributed by atoms with van der Waals surface area (Å²) in [5.41, 5.74) is 0. The summed E-state index contributed by atoms with van der Waals surface area (Å²) >= 11 is 0. The summed E-state index contributed by atoms with van der Waals surface area (Å²) in [6.07, 6.45) is 9.71. The van der Waals surface area contributed by atoms with E-state index in [0.717, 1.165) is 25.0 Å². The van der Waals surface area contributed by atoms with Crippen LogP contribution < -0.4 is 0 Å². The van der Waals surface area contributed by atoms with Gasteiger partial charge in [-0.2, -0.15) is 0 Å². The Hall–Kier alpha value is -0.0800. The highest BCUT2D eigenvalue weighted by Gasteiger charge is 2.20. The third-order valence-electron chi connectivity index (χ3n) is 4.60. The van der Waals surface area contributed by atoms with Gasteiger partial charge in [0.1, 0.15) is 0 Å². The largest absolute Gasteiger partial charge is 0.381 e. The lowest BCUT2D eigenvalue weighted by atomic mass is 9.91. The second-order valence-corrected chi connectivity index (χ2v) is 5.92. The summed E-state index contributed by atoms with van der Waals surface area (Å²) in [5.74, 6) is 1.97. The van der Waals surface area contributed by atoms with Crippen molar-refractivity contribution >= 4 is 0 Å². The molecule has 0 N–H and O–H groups in total. The van der Waals surface area contributed by atoms with E-state index in [4.69, 9.17) is 4.74 Å². The number of nitrogens with zero attached hydrogens (tertiary/aromatic N) is 1. The van der Waals surface area contributed by atoms with E-state index in [9.17, 15) is 0 Å². The maximum atomic E-state index is 5.42. The monoisotopic (exact) mass is 239 g/mol. The average Bonchev–Trinajstić information content (AvgIpc) is 2.40. The van der Waals surface area contributed by atoms with E-state index >= 15 is 0 Å². The van der Waals surface area contributed by atoms with Gasteiger partial charge < -0.3 is 9.64 Å². The molecule has 0 atom stereocenters. The van der Waals surface area contributed by atoms with Gasteiger partial charge in [0.15, 0.2) is 0 Å². The van der Waals surface area contributed by atoms with Crippen LogP contribution in [0.4, 0.5) is 0 Å². The van der Waals surface area contributed by atoms with E-state index in [1.807, 2.05) is 0 Å². The molecule has 0 aliphatic carbocycles. The van der Waals surface area contributed by atoms with Crippen LogP contribution in [0, 0.1) is 11.8 Å². The van der Waals surface area contributed by atoms with Gasteiger partial charge in [-0.25, -0.2) is 0 Å². The first-order valence-electron chi connectivity index (χ1n) is 7.68. The molecule has 2 saturated heterocycles. The van der Waals surface area contributed by atoms with Gasteiger partial charge in [0.25, 0.3) is 0 Å². The van der Waals surface area contributed by atoms with Crippen molar-refractivity contribution in [3.8, 4) is 0 Å². The van der Waals surface area contributed by atoms with Gasteiger partial charge in [0.05, 0.1) is 0 Å². The van der Waals surface area contributed by atoms with Crippen LogP contribution in [0.1, 0.15) is 51.9 Å². The number of hydrogen-bond acceptors (Lipinski definition) is 2. The van der Waals surface area contributed by atoms with Gasteiger partial charge in [-0.1, -0.05) is 19.8 Å². The standard InChI is InChI=1S/C15H29NO/c1-2-3-14-4-9-16(10-5-14)11-6-15-7-12-17-13-8-15/h14-15H,2-13H2,1H3. The number of rotatable bonds is 5. The average molecular weight is 239 g/mol. The third-order valence-corrected chi connectivity index (χ3v) is 4.60. The van der Waals surface area contributed by atoms with Crippen molar-refractivity contribution in [1.82, 2.24) is 4.90 Å². The fraction of sp³-hybridized carbons (Fsp3) is 1.00. The maximum absolute atomic E-state index is 5.42. The molecule has 100 valence electrons. The van der Waals surface area contributed by atoms with Crippen molar-refractivity contribution in [2.75, 3.05) is 32.8 Å². The Morgan fingerprint density at radius 2 is 1.59 bits per heavy atom. The molecule has 0 bridgehead atoms. The molecular weight excluding hydrogens is 210 g/mol. The lowest BCUT2D eigenvalue weighted by molar-refractivity contribution is 0.0580. The maximum Gasteiger partial charge on any atom is 0.0468 e. The molecule has 0 aromatic rings. The van der Waals surface area contributed by atoms with Gasteiger partial charge in [-0.05, 0) is 63.6 Å². The second kappa shape index (κ2) is 7.38. The molecule has 17 heavy (non-hydrogen) atoms. The Kier molecular flexibility index (Phi) is 5.79. The first kappa shape index (κ1) is 13.4. The molecule has 0 aromatic carbocycles. The zero-order chi connectivity index (χ0) is 11.9. The summed E-state index contributed by atoms with van der Waals surface area (Å²) in [4.78, 5) is 2.70. The van der Waals surface area contributed by atoms with Gasteiger partial charge in [0.2, 0.25) is 0 Å². The molecule has 0 spiro atoms. The molecule has 0 aromatic heterocycles. The zero-order valence-corrected chi connectivity index (χ0v) is 11.5. The first-order chi connectivity index (χ1) is 8.38. The van der Waals surface area contributed by atoms with Crippen LogP contribution in [0.15, 0.2) is 0 Å². The highest BCUT2D eigenvalue weighted by atomic mass is 16.5. The molecule has 0 radical (unpaired) electrons. The topological polar surface area (TPSA) is 12.5 Å². The van der Waals surface area contributed by atoms with Crippen molar-refractivity contribution < 1.29 is 4.74 Å². The highest BCUT2D eigenvalue weighted by molar-refractivity contribution is 4.73. The normalized spacial score (nSPS) is 25.2. The molecule has 2 heterocycles. The van der Waals surface area contributed by atoms with Crippen LogP contribution in [0.5, 0.6) is 0 Å². The molecule has 0 amide bonds. The molecule has 2 nitrogen and oxygen atoms in total. The van der Waals surface area contributed by atoms with Crippen LogP contribution in [0.3, 0.4) is 0 Å². The first-order valence-corrected chi connectivity index (χ1v) is 7.68. The third kappa shape index (κ3) is 4.59. The lowest BCUT2D eigenvalue weighted by Crippen LogP contribution is -2.35. The van der Waals surface area contributed by atoms with E-state index < -0.39 is 0 Å². The number of likely N-dealkylation sites (tertiary alicyclic amines) is 1. The Morgan fingerprint density at radius 3 is 2.24 bits per heavy atom. The molecular formula is C15H29NO. The Labute approximate surface area is 107 Å². The van der Waals surface area contributed by atoms with E-state index in [2.05, 4.69) is 11.8 Å². The van der Waals surface area contributed by atoms with Crippen molar-refractivity contribution in [3.05, 3.63) is 0 Å². The van der Waals surface area contributed by atoms with Crippen LogP contribution in [0.25, 0.3) is 0 Å². The van der Waals surface area contributed by atoms with Crippen LogP contribution in [0.2, 0.25) is 0 Å². The minimum absolute atomic E-state index is 0.942. The SMILES string of the molecule is CCCC1CCN(CCC2CCOCC2)CC1. The van der Waals surface area contributed by atoms with E-state index in [1.165, 1.54) is 64.6 Å². The molecule has 0 saturated carbocycles. The number of ether oxygens (including phenoxy) is 1. The Balaban J connectivity index is 1.57. The molecule has 0 unspecified atom stereocenters. The lowest BCUT2D eigenvalue weighted by Gasteiger charge is -2.33. The molecule has 2 aliphatic heterocycles. The zero-order valence-electron chi connectivity index (χ0n) is 11.5. The van der Waals surface area contributed by atoms with E-state index in [0.29, 0.717) is 0 Å². The summed E-state index contributed by atoms with van der Waals surface area (Å²) < 4.78 is 5.42. The molecule has 2 heteroatoms. The predicted molar refractivity (Wildman–Crippen MR) is 72.2 cm³/mol. The van der Waals surface area contributed by atoms with Gasteiger partial charge in [-0.15, -0.1) is 0 Å². The van der Waals surface area contributed by atoms with Crippen LogP contribution in [-0.4, -0.2) is 37.7 Å². The second-order valence-electron chi connectivity index (χ2n) is 5.92. The van der Waals surface area contributed by atoms with Crippen LogP contribution >= 0.6 is 0 Å². The van der Waals surface area contributed by atoms with Gasteiger partial charge in [-0.3, -0.25) is 0 Å². The fourth-order valence-electron chi connectivity index (χ4n) is 3.31. The number of piperidine rings is 1. The Bertz CT molecular complexity index is 193. The molecule has 2 rings (SSSR count). The van der Waals surface area contributed by atoms with E-state index in [1.54, 1.807) is 0 Å². The van der Waals surface area contributed by atoms with Crippen molar-refractivity contribution in [3.63, 3.8) is 0 Å². The van der Waals surface area contributed by atoms with Crippen molar-refractivity contribution in [1.29, 1.82) is 0 Å². The minimum atomic E-state index is 0.942. The Morgan fingerprint density at radius 1 is 0.941 bits per heavy atom. The van der Waals surface area contributed by atoms with Gasteiger partial charge in [0, 0.05) is 13.2 Å². The van der Waals surface area contributed by atoms with E-state index in [-0.39, 0.29) is 0 Å². The fourth-order valence-corrected chi connectivity index (χ4v) is 3.31. The number of hydrogen-bond donors (Lipinski definition) is 0. The highest BCUT2D eigenvalue weighted by Crippen LogP contribution is 2.23. The minimum Gasteiger partial charge on any atom is -0.381 e. The summed E-state index contributed by atoms with van der Waals surface area (Å²) in [7, 11) is 0. The van der Waals surface area contributed by atoms with Crippen LogP contribution in [-0.2, 0) is 4.74 Å². The van der Waals surface area contributed by atoms with Crippen molar-refractivity contribution in [2.24, 2.45) is 11.8 Å². The summed E-state index contributed by atoms with van der Waals surface area (Å²) in [6, 6.07) is 0. The summed E-state index contributed by atoms with van der Waals surface area (Å²) in [5, 5.41) is 0. The van der Waals surface area contributed by atoms with Gasteiger partial charge >= 0.3 is 0 Å². The smallest absolute Gasteiger partial charge is 0.0468 e. The van der Waals surface area contributed by atoms with Crippen molar-refractivity contribution in [2.45, 2.75) is 51.9 Å². The predicted octanol–water partition coefficient (Wildman–Crippen LogP) is 3.32.